The topological polar surface area (TPSA) is 32.3 Å². The van der Waals surface area contributed by atoms with Gasteiger partial charge in [0, 0.05) is 24.0 Å². The molecule has 2 rings (SSSR count). The summed E-state index contributed by atoms with van der Waals surface area (Å²) in [5, 5.41) is 2.58. The van der Waals surface area contributed by atoms with Crippen LogP contribution in [0, 0.1) is 11.6 Å². The molecule has 0 saturated heterocycles. The van der Waals surface area contributed by atoms with Gasteiger partial charge >= 0.3 is 0 Å². The molecule has 0 saturated carbocycles. The quantitative estimate of drug-likeness (QED) is 0.883. The van der Waals surface area contributed by atoms with Crippen LogP contribution in [0.2, 0.25) is 0 Å². The summed E-state index contributed by atoms with van der Waals surface area (Å²) in [6, 6.07) is 10.4. The SMILES string of the molecule is CCN(c1ccc(NC(=O)c2cc(F)ccc2F)cc1)C(C)C. The molecular formula is C18H20F2N2O. The number of anilines is 2. The van der Waals surface area contributed by atoms with Crippen molar-refractivity contribution in [1.82, 2.24) is 0 Å². The number of carbonyl (C=O) groups excluding carboxylic acids is 1. The van der Waals surface area contributed by atoms with Crippen molar-refractivity contribution in [2.24, 2.45) is 0 Å². The lowest BCUT2D eigenvalue weighted by Gasteiger charge is -2.27. The van der Waals surface area contributed by atoms with Gasteiger partial charge in [-0.15, -0.1) is 0 Å². The van der Waals surface area contributed by atoms with Crippen LogP contribution in [0.1, 0.15) is 31.1 Å². The Kier molecular flexibility index (Phi) is 5.32. The number of rotatable bonds is 5. The molecule has 0 aliphatic heterocycles. The first kappa shape index (κ1) is 16.9. The van der Waals surface area contributed by atoms with Crippen LogP contribution in [-0.2, 0) is 0 Å². The van der Waals surface area contributed by atoms with Crippen LogP contribution in [0.4, 0.5) is 20.2 Å². The standard InChI is InChI=1S/C18H20F2N2O/c1-4-22(12(2)3)15-8-6-14(7-9-15)21-18(23)16-11-13(19)5-10-17(16)20/h5-12H,4H2,1-3H3,(H,21,23). The van der Waals surface area contributed by atoms with E-state index >= 15 is 0 Å². The maximum absolute atomic E-state index is 13.6. The Hall–Kier alpha value is -2.43. The van der Waals surface area contributed by atoms with Crippen LogP contribution in [0.5, 0.6) is 0 Å². The molecule has 0 spiro atoms. The van der Waals surface area contributed by atoms with Gasteiger partial charge in [0.05, 0.1) is 5.56 Å². The van der Waals surface area contributed by atoms with E-state index in [9.17, 15) is 13.6 Å². The maximum Gasteiger partial charge on any atom is 0.258 e. The number of carbonyl (C=O) groups is 1. The number of nitrogens with zero attached hydrogens (tertiary/aromatic N) is 1. The number of hydrogen-bond donors (Lipinski definition) is 1. The van der Waals surface area contributed by atoms with E-state index < -0.39 is 17.5 Å². The third-order valence-corrected chi connectivity index (χ3v) is 3.59. The monoisotopic (exact) mass is 318 g/mol. The zero-order chi connectivity index (χ0) is 17.0. The van der Waals surface area contributed by atoms with Gasteiger partial charge in [0.15, 0.2) is 0 Å². The highest BCUT2D eigenvalue weighted by molar-refractivity contribution is 6.04. The van der Waals surface area contributed by atoms with Gasteiger partial charge in [0.25, 0.3) is 5.91 Å². The number of hydrogen-bond acceptors (Lipinski definition) is 2. The van der Waals surface area contributed by atoms with Gasteiger partial charge in [-0.3, -0.25) is 4.79 Å². The molecule has 122 valence electrons. The number of nitrogens with one attached hydrogen (secondary N) is 1. The summed E-state index contributed by atoms with van der Waals surface area (Å²) in [4.78, 5) is 14.2. The van der Waals surface area contributed by atoms with Crippen molar-refractivity contribution in [1.29, 1.82) is 0 Å². The lowest BCUT2D eigenvalue weighted by Crippen LogP contribution is -2.30. The normalized spacial score (nSPS) is 10.7. The zero-order valence-electron chi connectivity index (χ0n) is 13.4. The Morgan fingerprint density at radius 1 is 1.13 bits per heavy atom. The van der Waals surface area contributed by atoms with Crippen molar-refractivity contribution in [3.05, 3.63) is 59.7 Å². The molecule has 1 N–H and O–H groups in total. The van der Waals surface area contributed by atoms with Gasteiger partial charge in [-0.2, -0.15) is 0 Å². The molecule has 0 unspecified atom stereocenters. The van der Waals surface area contributed by atoms with Crippen LogP contribution in [0.25, 0.3) is 0 Å². The molecule has 0 heterocycles. The minimum absolute atomic E-state index is 0.313. The first-order chi connectivity index (χ1) is 10.9. The van der Waals surface area contributed by atoms with E-state index in [1.165, 1.54) is 0 Å². The van der Waals surface area contributed by atoms with E-state index in [4.69, 9.17) is 0 Å². The Balaban J connectivity index is 2.14. The van der Waals surface area contributed by atoms with E-state index in [-0.39, 0.29) is 5.56 Å². The van der Waals surface area contributed by atoms with Crippen molar-refractivity contribution in [2.75, 3.05) is 16.8 Å². The first-order valence-corrected chi connectivity index (χ1v) is 7.55. The van der Waals surface area contributed by atoms with Crippen molar-refractivity contribution >= 4 is 17.3 Å². The van der Waals surface area contributed by atoms with Gasteiger partial charge in [-0.05, 0) is 63.2 Å². The third-order valence-electron chi connectivity index (χ3n) is 3.59. The molecule has 0 radical (unpaired) electrons. The highest BCUT2D eigenvalue weighted by atomic mass is 19.1. The summed E-state index contributed by atoms with van der Waals surface area (Å²) >= 11 is 0. The Morgan fingerprint density at radius 3 is 2.35 bits per heavy atom. The fourth-order valence-electron chi connectivity index (χ4n) is 2.45. The first-order valence-electron chi connectivity index (χ1n) is 7.55. The second kappa shape index (κ2) is 7.22. The number of benzene rings is 2. The van der Waals surface area contributed by atoms with Crippen LogP contribution >= 0.6 is 0 Å². The molecule has 2 aromatic rings. The molecule has 0 bridgehead atoms. The van der Waals surface area contributed by atoms with Gasteiger partial charge in [0.2, 0.25) is 0 Å². The van der Waals surface area contributed by atoms with Crippen molar-refractivity contribution in [3.63, 3.8) is 0 Å². The van der Waals surface area contributed by atoms with E-state index in [0.29, 0.717) is 11.7 Å². The smallest absolute Gasteiger partial charge is 0.258 e. The predicted molar refractivity (Wildman–Crippen MR) is 88.9 cm³/mol. The summed E-state index contributed by atoms with van der Waals surface area (Å²) in [7, 11) is 0. The Bertz CT molecular complexity index is 684. The molecule has 1 amide bonds. The summed E-state index contributed by atoms with van der Waals surface area (Å²) in [5.41, 5.74) is 1.26. The second-order valence-electron chi connectivity index (χ2n) is 5.50. The third kappa shape index (κ3) is 4.06. The molecule has 3 nitrogen and oxygen atoms in total. The lowest BCUT2D eigenvalue weighted by molar-refractivity contribution is 0.102. The van der Waals surface area contributed by atoms with E-state index in [1.807, 2.05) is 12.1 Å². The summed E-state index contributed by atoms with van der Waals surface area (Å²) < 4.78 is 26.7. The van der Waals surface area contributed by atoms with Crippen molar-refractivity contribution in [2.45, 2.75) is 26.8 Å². The lowest BCUT2D eigenvalue weighted by atomic mass is 10.1. The zero-order valence-corrected chi connectivity index (χ0v) is 13.4. The van der Waals surface area contributed by atoms with Crippen molar-refractivity contribution in [3.8, 4) is 0 Å². The average molecular weight is 318 g/mol. The Morgan fingerprint density at radius 2 is 1.78 bits per heavy atom. The van der Waals surface area contributed by atoms with E-state index in [2.05, 4.69) is 31.0 Å². The highest BCUT2D eigenvalue weighted by Gasteiger charge is 2.13. The molecular weight excluding hydrogens is 298 g/mol. The van der Waals surface area contributed by atoms with Crippen LogP contribution in [0.15, 0.2) is 42.5 Å². The number of halogens is 2. The fraction of sp³-hybridized carbons (Fsp3) is 0.278. The molecule has 2 aromatic carbocycles. The van der Waals surface area contributed by atoms with Crippen LogP contribution in [0.3, 0.4) is 0 Å². The highest BCUT2D eigenvalue weighted by Crippen LogP contribution is 2.20. The van der Waals surface area contributed by atoms with E-state index in [0.717, 1.165) is 30.4 Å². The van der Waals surface area contributed by atoms with Crippen LogP contribution < -0.4 is 10.2 Å². The maximum atomic E-state index is 13.6. The summed E-state index contributed by atoms with van der Waals surface area (Å²) in [5.74, 6) is -2.08. The summed E-state index contributed by atoms with van der Waals surface area (Å²) in [6.07, 6.45) is 0. The minimum Gasteiger partial charge on any atom is -0.369 e. The molecule has 23 heavy (non-hydrogen) atoms. The largest absolute Gasteiger partial charge is 0.369 e. The fourth-order valence-corrected chi connectivity index (χ4v) is 2.45. The Labute approximate surface area is 134 Å². The van der Waals surface area contributed by atoms with Gasteiger partial charge in [-0.1, -0.05) is 0 Å². The minimum atomic E-state index is -0.752. The van der Waals surface area contributed by atoms with Gasteiger partial charge in [-0.25, -0.2) is 8.78 Å². The molecule has 0 aromatic heterocycles. The van der Waals surface area contributed by atoms with Gasteiger partial charge < -0.3 is 10.2 Å². The predicted octanol–water partition coefficient (Wildman–Crippen LogP) is 4.45. The van der Waals surface area contributed by atoms with Crippen LogP contribution in [-0.4, -0.2) is 18.5 Å². The molecule has 5 heteroatoms. The van der Waals surface area contributed by atoms with E-state index in [1.54, 1.807) is 12.1 Å². The molecule has 0 aliphatic rings. The molecule has 0 aliphatic carbocycles. The summed E-state index contributed by atoms with van der Waals surface area (Å²) in [6.45, 7) is 7.15. The average Bonchev–Trinajstić information content (AvgIpc) is 2.51. The number of amides is 1. The van der Waals surface area contributed by atoms with Crippen molar-refractivity contribution < 1.29 is 13.6 Å². The van der Waals surface area contributed by atoms with Gasteiger partial charge in [0.1, 0.15) is 11.6 Å². The second-order valence-corrected chi connectivity index (χ2v) is 5.50. The molecule has 0 fully saturated rings. The molecule has 0 atom stereocenters.